The first-order chi connectivity index (χ1) is 18.4. The molecule has 0 fully saturated rings. The average molecular weight is 536 g/mol. The van der Waals surface area contributed by atoms with E-state index in [-0.39, 0.29) is 5.56 Å². The lowest BCUT2D eigenvalue weighted by molar-refractivity contribution is -0.131. The fraction of sp³-hybridized carbons (Fsp3) is 0.300. The predicted molar refractivity (Wildman–Crippen MR) is 150 cm³/mol. The molecule has 0 radical (unpaired) electrons. The molecule has 0 aliphatic heterocycles. The third-order valence-corrected chi connectivity index (χ3v) is 6.83. The van der Waals surface area contributed by atoms with E-state index in [1.54, 1.807) is 37.1 Å². The van der Waals surface area contributed by atoms with E-state index in [4.69, 9.17) is 19.7 Å². The highest BCUT2D eigenvalue weighted by Crippen LogP contribution is 2.23. The first kappa shape index (κ1) is 28.8. The summed E-state index contributed by atoms with van der Waals surface area (Å²) in [5.74, 6) is 0.668. The van der Waals surface area contributed by atoms with Gasteiger partial charge in [0.05, 0.1) is 25.0 Å². The zero-order chi connectivity index (χ0) is 27.2. The van der Waals surface area contributed by atoms with Crippen molar-refractivity contribution in [2.24, 2.45) is 0 Å². The molecule has 200 valence electrons. The quantitative estimate of drug-likeness (QED) is 0.158. The summed E-state index contributed by atoms with van der Waals surface area (Å²) in [5.41, 5.74) is 3.76. The van der Waals surface area contributed by atoms with Crippen molar-refractivity contribution < 1.29 is 29.3 Å². The molecule has 0 bridgehead atoms. The number of rotatable bonds is 16. The Morgan fingerprint density at radius 2 is 1.71 bits per heavy atom. The SMILES string of the molecule is COc1ccc(CCCCCCOc2ccc(CSCc3cccc(C(=O)O)c3)nc2/C=C/C(=O)O)cc1. The van der Waals surface area contributed by atoms with Gasteiger partial charge in [-0.05, 0) is 72.9 Å². The number of aromatic nitrogens is 1. The van der Waals surface area contributed by atoms with Crippen LogP contribution in [-0.2, 0) is 22.7 Å². The molecule has 0 aliphatic rings. The minimum Gasteiger partial charge on any atom is -0.497 e. The van der Waals surface area contributed by atoms with Gasteiger partial charge in [-0.25, -0.2) is 14.6 Å². The van der Waals surface area contributed by atoms with Crippen LogP contribution in [0, 0.1) is 0 Å². The first-order valence-electron chi connectivity index (χ1n) is 12.5. The minimum absolute atomic E-state index is 0.265. The predicted octanol–water partition coefficient (Wildman–Crippen LogP) is 6.50. The maximum Gasteiger partial charge on any atom is 0.335 e. The van der Waals surface area contributed by atoms with Gasteiger partial charge in [-0.2, -0.15) is 11.8 Å². The maximum atomic E-state index is 11.2. The fourth-order valence-electron chi connectivity index (χ4n) is 3.80. The summed E-state index contributed by atoms with van der Waals surface area (Å²) in [4.78, 5) is 26.8. The van der Waals surface area contributed by atoms with E-state index < -0.39 is 11.9 Å². The number of hydrogen-bond acceptors (Lipinski definition) is 6. The summed E-state index contributed by atoms with van der Waals surface area (Å²) < 4.78 is 11.1. The van der Waals surface area contributed by atoms with Crippen LogP contribution in [-0.4, -0.2) is 40.9 Å². The number of aryl methyl sites for hydroxylation is 1. The van der Waals surface area contributed by atoms with Crippen LogP contribution in [0.15, 0.2) is 66.7 Å². The monoisotopic (exact) mass is 535 g/mol. The number of benzene rings is 2. The second kappa shape index (κ2) is 15.5. The van der Waals surface area contributed by atoms with E-state index in [2.05, 4.69) is 17.1 Å². The average Bonchev–Trinajstić information content (AvgIpc) is 2.92. The number of aromatic carboxylic acids is 1. The van der Waals surface area contributed by atoms with Gasteiger partial charge in [0, 0.05) is 17.6 Å². The Kier molecular flexibility index (Phi) is 11.7. The molecule has 0 aliphatic carbocycles. The number of carbonyl (C=O) groups is 2. The third-order valence-electron chi connectivity index (χ3n) is 5.80. The van der Waals surface area contributed by atoms with Gasteiger partial charge in [-0.1, -0.05) is 37.1 Å². The Hall–Kier alpha value is -3.78. The van der Waals surface area contributed by atoms with Crippen LogP contribution in [0.3, 0.4) is 0 Å². The third kappa shape index (κ3) is 9.94. The number of nitrogens with zero attached hydrogens (tertiary/aromatic N) is 1. The van der Waals surface area contributed by atoms with Crippen molar-refractivity contribution in [3.8, 4) is 11.5 Å². The van der Waals surface area contributed by atoms with Gasteiger partial charge < -0.3 is 19.7 Å². The van der Waals surface area contributed by atoms with E-state index in [0.717, 1.165) is 55.2 Å². The second-order valence-electron chi connectivity index (χ2n) is 8.72. The van der Waals surface area contributed by atoms with Gasteiger partial charge in [0.2, 0.25) is 0 Å². The number of carboxylic acids is 2. The lowest BCUT2D eigenvalue weighted by atomic mass is 10.1. The first-order valence-corrected chi connectivity index (χ1v) is 13.7. The Labute approximate surface area is 227 Å². The van der Waals surface area contributed by atoms with Crippen molar-refractivity contribution in [3.63, 3.8) is 0 Å². The summed E-state index contributed by atoms with van der Waals surface area (Å²) in [6.07, 6.45) is 7.70. The largest absolute Gasteiger partial charge is 0.497 e. The number of thioether (sulfide) groups is 1. The molecule has 0 atom stereocenters. The summed E-state index contributed by atoms with van der Waals surface area (Å²) in [7, 11) is 1.67. The van der Waals surface area contributed by atoms with Crippen LogP contribution in [0.25, 0.3) is 6.08 Å². The normalized spacial score (nSPS) is 11.0. The zero-order valence-electron chi connectivity index (χ0n) is 21.5. The Morgan fingerprint density at radius 1 is 0.921 bits per heavy atom. The number of aliphatic carboxylic acids is 1. The summed E-state index contributed by atoms with van der Waals surface area (Å²) in [5, 5.41) is 18.2. The summed E-state index contributed by atoms with van der Waals surface area (Å²) >= 11 is 1.61. The molecule has 2 N–H and O–H groups in total. The van der Waals surface area contributed by atoms with E-state index in [9.17, 15) is 9.59 Å². The molecule has 3 aromatic rings. The van der Waals surface area contributed by atoms with E-state index in [1.807, 2.05) is 30.3 Å². The minimum atomic E-state index is -1.05. The Morgan fingerprint density at radius 3 is 2.45 bits per heavy atom. The molecular formula is C30H33NO6S. The van der Waals surface area contributed by atoms with Crippen LogP contribution >= 0.6 is 11.8 Å². The molecule has 7 nitrogen and oxygen atoms in total. The van der Waals surface area contributed by atoms with Crippen LogP contribution in [0.5, 0.6) is 11.5 Å². The molecule has 1 heterocycles. The number of unbranched alkanes of at least 4 members (excludes halogenated alkanes) is 3. The number of ether oxygens (including phenoxy) is 2. The second-order valence-corrected chi connectivity index (χ2v) is 9.70. The summed E-state index contributed by atoms with van der Waals surface area (Å²) in [6.45, 7) is 0.534. The van der Waals surface area contributed by atoms with Gasteiger partial charge in [0.1, 0.15) is 17.2 Å². The number of methoxy groups -OCH3 is 1. The molecule has 8 heteroatoms. The van der Waals surface area contributed by atoms with Crippen LogP contribution in [0.4, 0.5) is 0 Å². The molecule has 1 aromatic heterocycles. The van der Waals surface area contributed by atoms with Crippen molar-refractivity contribution in [2.45, 2.75) is 43.6 Å². The lowest BCUT2D eigenvalue weighted by Crippen LogP contribution is -2.02. The van der Waals surface area contributed by atoms with Crippen molar-refractivity contribution in [1.29, 1.82) is 0 Å². The summed E-state index contributed by atoms with van der Waals surface area (Å²) in [6, 6.07) is 18.7. The molecule has 0 spiro atoms. The number of carboxylic acid groups (broad SMARTS) is 2. The highest BCUT2D eigenvalue weighted by Gasteiger charge is 2.08. The smallest absolute Gasteiger partial charge is 0.335 e. The van der Waals surface area contributed by atoms with Gasteiger partial charge in [-0.3, -0.25) is 0 Å². The molecule has 0 saturated carbocycles. The van der Waals surface area contributed by atoms with Gasteiger partial charge >= 0.3 is 11.9 Å². The van der Waals surface area contributed by atoms with Gasteiger partial charge in [-0.15, -0.1) is 0 Å². The lowest BCUT2D eigenvalue weighted by Gasteiger charge is -2.11. The van der Waals surface area contributed by atoms with Crippen molar-refractivity contribution in [3.05, 3.63) is 94.8 Å². The van der Waals surface area contributed by atoms with E-state index in [0.29, 0.717) is 29.6 Å². The molecule has 2 aromatic carbocycles. The van der Waals surface area contributed by atoms with Crippen LogP contribution < -0.4 is 9.47 Å². The van der Waals surface area contributed by atoms with Crippen LogP contribution in [0.2, 0.25) is 0 Å². The van der Waals surface area contributed by atoms with Crippen molar-refractivity contribution >= 4 is 29.8 Å². The Balaban J connectivity index is 1.46. The van der Waals surface area contributed by atoms with E-state index in [1.165, 1.54) is 11.6 Å². The number of pyridine rings is 1. The molecule has 0 saturated heterocycles. The standard InChI is InChI=1S/C30H33NO6S/c1-36-26-13-10-22(11-14-26)7-4-2-3-5-18-37-28-16-12-25(31-27(28)15-17-29(32)33)21-38-20-23-8-6-9-24(19-23)30(34)35/h6,8-17,19H,2-5,7,18,20-21H2,1H3,(H,32,33)(H,34,35)/b17-15+. The number of hydrogen-bond donors (Lipinski definition) is 2. The van der Waals surface area contributed by atoms with Crippen molar-refractivity contribution in [2.75, 3.05) is 13.7 Å². The van der Waals surface area contributed by atoms with Gasteiger partial charge in [0.25, 0.3) is 0 Å². The van der Waals surface area contributed by atoms with Crippen molar-refractivity contribution in [1.82, 2.24) is 4.98 Å². The topological polar surface area (TPSA) is 106 Å². The maximum absolute atomic E-state index is 11.2. The molecule has 0 unspecified atom stereocenters. The Bertz CT molecular complexity index is 1230. The molecule has 38 heavy (non-hydrogen) atoms. The highest BCUT2D eigenvalue weighted by molar-refractivity contribution is 7.97. The van der Waals surface area contributed by atoms with Crippen LogP contribution in [0.1, 0.15) is 58.6 Å². The van der Waals surface area contributed by atoms with E-state index >= 15 is 0 Å². The molecular weight excluding hydrogens is 502 g/mol. The fourth-order valence-corrected chi connectivity index (χ4v) is 4.69. The zero-order valence-corrected chi connectivity index (χ0v) is 22.3. The molecule has 3 rings (SSSR count). The van der Waals surface area contributed by atoms with Gasteiger partial charge in [0.15, 0.2) is 0 Å². The molecule has 0 amide bonds. The highest BCUT2D eigenvalue weighted by atomic mass is 32.2.